The van der Waals surface area contributed by atoms with E-state index in [0.29, 0.717) is 6.54 Å². The van der Waals surface area contributed by atoms with Crippen LogP contribution in [0.4, 0.5) is 0 Å². The Balaban J connectivity index is 2.20. The molecule has 0 amide bonds. The lowest BCUT2D eigenvalue weighted by molar-refractivity contribution is 1.27. The van der Waals surface area contributed by atoms with Crippen molar-refractivity contribution < 1.29 is 0 Å². The van der Waals surface area contributed by atoms with Gasteiger partial charge in [0.15, 0.2) is 0 Å². The zero-order valence-electron chi connectivity index (χ0n) is 10.3. The van der Waals surface area contributed by atoms with Gasteiger partial charge in [-0.15, -0.1) is 0 Å². The number of hydrogen-bond acceptors (Lipinski definition) is 2. The van der Waals surface area contributed by atoms with Crippen molar-refractivity contribution >= 4 is 34.4 Å². The summed E-state index contributed by atoms with van der Waals surface area (Å²) >= 11 is 11.5. The minimum atomic E-state index is 0.603. The molecule has 0 aliphatic carbocycles. The Labute approximate surface area is 122 Å². The molecule has 0 fully saturated rings. The molecule has 0 bridgehead atoms. The summed E-state index contributed by atoms with van der Waals surface area (Å²) in [4.78, 5) is 5.64. The van der Waals surface area contributed by atoms with E-state index in [1.54, 1.807) is 0 Å². The minimum absolute atomic E-state index is 0.603. The molecule has 1 aliphatic heterocycles. The van der Waals surface area contributed by atoms with Crippen LogP contribution in [0.15, 0.2) is 53.5 Å². The molecule has 0 aromatic heterocycles. The van der Waals surface area contributed by atoms with E-state index in [1.807, 2.05) is 36.4 Å². The first-order valence-electron chi connectivity index (χ1n) is 6.14. The van der Waals surface area contributed by atoms with Crippen molar-refractivity contribution in [1.82, 2.24) is 0 Å². The topological polar surface area (TPSA) is 12.4 Å². The standard InChI is InChI=1S/C16H12ClNS/c17-13-7-6-12-8-14(19)10-18-16(15(12)9-13)11-4-2-1-3-5-11/h1-7,9H,8,10H2/i6+1,7+1,9+1,12+1,13+1,15+1. The Kier molecular flexibility index (Phi) is 3.45. The van der Waals surface area contributed by atoms with E-state index in [4.69, 9.17) is 23.8 Å². The van der Waals surface area contributed by atoms with Gasteiger partial charge in [-0.25, -0.2) is 0 Å². The van der Waals surface area contributed by atoms with E-state index in [1.165, 1.54) is 5.56 Å². The predicted octanol–water partition coefficient (Wildman–Crippen LogP) is 4.10. The zero-order chi connectivity index (χ0) is 13.2. The molecule has 19 heavy (non-hydrogen) atoms. The molecule has 3 heteroatoms. The molecular formula is C16H12ClNS. The SMILES string of the molecule is S=C1CN=C(c2ccccc2)[13c]2[13cH][13c](Cl)[13cH][13cH][13c]2C1. The van der Waals surface area contributed by atoms with Crippen LogP contribution >= 0.6 is 23.8 Å². The highest BCUT2D eigenvalue weighted by Crippen LogP contribution is 2.23. The normalized spacial score (nSPS) is 14.6. The minimum Gasteiger partial charge on any atom is -0.279 e. The van der Waals surface area contributed by atoms with Crippen LogP contribution < -0.4 is 0 Å². The number of thiocarbonyl (C=S) groups is 1. The monoisotopic (exact) mass is 291 g/mol. The fraction of sp³-hybridized carbons (Fsp3) is 0.125. The first-order chi connectivity index (χ1) is 9.24. The molecular weight excluding hydrogens is 280 g/mol. The van der Waals surface area contributed by atoms with E-state index >= 15 is 0 Å². The smallest absolute Gasteiger partial charge is 0.0726 e. The van der Waals surface area contributed by atoms with Gasteiger partial charge >= 0.3 is 0 Å². The van der Waals surface area contributed by atoms with Crippen LogP contribution in [0.3, 0.4) is 0 Å². The average molecular weight is 292 g/mol. The molecule has 0 saturated heterocycles. The number of nitrogens with zero attached hydrogens (tertiary/aromatic N) is 1. The van der Waals surface area contributed by atoms with Crippen molar-refractivity contribution in [2.45, 2.75) is 6.42 Å². The number of halogens is 1. The lowest BCUT2D eigenvalue weighted by Gasteiger charge is -2.10. The lowest BCUT2D eigenvalue weighted by Crippen LogP contribution is -2.05. The zero-order valence-corrected chi connectivity index (χ0v) is 11.8. The second kappa shape index (κ2) is 5.24. The van der Waals surface area contributed by atoms with Gasteiger partial charge in [-0.2, -0.15) is 0 Å². The van der Waals surface area contributed by atoms with E-state index < -0.39 is 0 Å². The number of benzene rings is 2. The van der Waals surface area contributed by atoms with Crippen molar-refractivity contribution in [2.75, 3.05) is 6.54 Å². The van der Waals surface area contributed by atoms with Gasteiger partial charge in [-0.1, -0.05) is 60.2 Å². The number of fused-ring (bicyclic) bond motifs is 1. The van der Waals surface area contributed by atoms with Crippen molar-refractivity contribution in [3.05, 3.63) is 70.2 Å². The highest BCUT2D eigenvalue weighted by Gasteiger charge is 2.16. The third kappa shape index (κ3) is 2.60. The summed E-state index contributed by atoms with van der Waals surface area (Å²) in [5, 5.41) is 0.732. The summed E-state index contributed by atoms with van der Waals surface area (Å²) in [6, 6.07) is 16.1. The summed E-state index contributed by atoms with van der Waals surface area (Å²) in [6.45, 7) is 0.603. The second-order valence-corrected chi connectivity index (χ2v) is 5.56. The Morgan fingerprint density at radius 1 is 1.05 bits per heavy atom. The molecule has 1 aliphatic rings. The van der Waals surface area contributed by atoms with Gasteiger partial charge in [0.2, 0.25) is 0 Å². The quantitative estimate of drug-likeness (QED) is 0.721. The van der Waals surface area contributed by atoms with Crippen LogP contribution in [0.25, 0.3) is 0 Å². The maximum absolute atomic E-state index is 6.13. The van der Waals surface area contributed by atoms with Gasteiger partial charge in [0.05, 0.1) is 12.3 Å². The maximum Gasteiger partial charge on any atom is 0.0726 e. The number of aliphatic imine (C=N–C) groups is 1. The van der Waals surface area contributed by atoms with Gasteiger partial charge in [0.1, 0.15) is 0 Å². The van der Waals surface area contributed by atoms with Gasteiger partial charge in [-0.3, -0.25) is 4.99 Å². The van der Waals surface area contributed by atoms with Gasteiger partial charge < -0.3 is 0 Å². The Bertz CT molecular complexity index is 662. The number of hydrogen-bond donors (Lipinski definition) is 0. The Morgan fingerprint density at radius 2 is 1.84 bits per heavy atom. The summed E-state index contributed by atoms with van der Waals surface area (Å²) in [5.74, 6) is 0. The fourth-order valence-electron chi connectivity index (χ4n) is 2.29. The van der Waals surface area contributed by atoms with Crippen molar-refractivity contribution in [3.8, 4) is 0 Å². The third-order valence-electron chi connectivity index (χ3n) is 3.18. The van der Waals surface area contributed by atoms with Crippen LogP contribution in [0.2, 0.25) is 5.02 Å². The van der Waals surface area contributed by atoms with E-state index in [2.05, 4.69) is 17.1 Å². The molecule has 0 radical (unpaired) electrons. The first-order valence-corrected chi connectivity index (χ1v) is 6.93. The van der Waals surface area contributed by atoms with E-state index in [0.717, 1.165) is 33.1 Å². The van der Waals surface area contributed by atoms with Crippen LogP contribution in [-0.2, 0) is 6.42 Å². The van der Waals surface area contributed by atoms with Crippen molar-refractivity contribution in [3.63, 3.8) is 0 Å². The molecule has 94 valence electrons. The molecule has 0 unspecified atom stereocenters. The maximum atomic E-state index is 6.13. The molecule has 0 N–H and O–H groups in total. The van der Waals surface area contributed by atoms with Gasteiger partial charge in [0.25, 0.3) is 0 Å². The third-order valence-corrected chi connectivity index (χ3v) is 3.68. The van der Waals surface area contributed by atoms with Crippen molar-refractivity contribution in [1.29, 1.82) is 0 Å². The first kappa shape index (κ1) is 12.5. The molecule has 1 heterocycles. The number of rotatable bonds is 1. The lowest BCUT2D eigenvalue weighted by atomic mass is 10.2. The average Bonchev–Trinajstić information content (AvgIpc) is 2.58. The van der Waals surface area contributed by atoms with Crippen LogP contribution in [0.1, 0.15) is 16.7 Å². The summed E-state index contributed by atoms with van der Waals surface area (Å²) in [6.07, 6.45) is 0.793. The summed E-state index contributed by atoms with van der Waals surface area (Å²) < 4.78 is 0. The van der Waals surface area contributed by atoms with Crippen LogP contribution in [0, 0.1) is 0 Å². The Hall–Kier alpha value is -1.51. The summed E-state index contributed by atoms with van der Waals surface area (Å²) in [7, 11) is 0. The highest BCUT2D eigenvalue weighted by molar-refractivity contribution is 7.80. The molecule has 0 atom stereocenters. The molecule has 2 aromatic carbocycles. The molecule has 2 aromatic rings. The Morgan fingerprint density at radius 3 is 2.63 bits per heavy atom. The molecule has 0 saturated carbocycles. The van der Waals surface area contributed by atoms with Crippen LogP contribution in [0.5, 0.6) is 0 Å². The summed E-state index contributed by atoms with van der Waals surface area (Å²) in [5.41, 5.74) is 4.39. The molecule has 3 rings (SSSR count). The fourth-order valence-corrected chi connectivity index (χ4v) is 2.68. The van der Waals surface area contributed by atoms with Gasteiger partial charge in [-0.05, 0) is 17.7 Å². The van der Waals surface area contributed by atoms with Gasteiger partial charge in [0, 0.05) is 27.4 Å². The van der Waals surface area contributed by atoms with Crippen LogP contribution in [-0.4, -0.2) is 17.1 Å². The molecule has 1 nitrogen and oxygen atoms in total. The van der Waals surface area contributed by atoms with E-state index in [9.17, 15) is 0 Å². The largest absolute Gasteiger partial charge is 0.279 e. The predicted molar refractivity (Wildman–Crippen MR) is 84.7 cm³/mol. The molecule has 0 spiro atoms. The van der Waals surface area contributed by atoms with E-state index in [-0.39, 0.29) is 0 Å². The van der Waals surface area contributed by atoms with Crippen molar-refractivity contribution in [2.24, 2.45) is 4.99 Å². The highest BCUT2D eigenvalue weighted by atomic mass is 35.5. The second-order valence-electron chi connectivity index (χ2n) is 4.55.